The third-order valence-electron chi connectivity index (χ3n) is 6.47. The van der Waals surface area contributed by atoms with Gasteiger partial charge in [-0.1, -0.05) is 18.7 Å². The molecule has 4 nitrogen and oxygen atoms in total. The van der Waals surface area contributed by atoms with Crippen LogP contribution in [0.4, 0.5) is 11.5 Å². The van der Waals surface area contributed by atoms with Crippen LogP contribution in [0.5, 0.6) is 0 Å². The van der Waals surface area contributed by atoms with Crippen LogP contribution in [0.1, 0.15) is 43.9 Å². The van der Waals surface area contributed by atoms with Gasteiger partial charge in [0.15, 0.2) is 0 Å². The van der Waals surface area contributed by atoms with Gasteiger partial charge in [-0.15, -0.1) is 0 Å². The summed E-state index contributed by atoms with van der Waals surface area (Å²) in [5.41, 5.74) is 4.91. The summed E-state index contributed by atoms with van der Waals surface area (Å²) in [6, 6.07) is 15.1. The van der Waals surface area contributed by atoms with E-state index in [1.807, 2.05) is 6.20 Å². The zero-order chi connectivity index (χ0) is 23.0. The largest absolute Gasteiger partial charge is 0.385 e. The number of rotatable bonds is 8. The minimum atomic E-state index is 0.936. The van der Waals surface area contributed by atoms with Crippen LogP contribution in [0.25, 0.3) is 18.2 Å². The van der Waals surface area contributed by atoms with Gasteiger partial charge in [0.05, 0.1) is 0 Å². The highest BCUT2D eigenvalue weighted by Gasteiger charge is 2.12. The van der Waals surface area contributed by atoms with Crippen LogP contribution in [0.15, 0.2) is 60.9 Å². The number of nitrogens with one attached hydrogen (secondary N) is 1. The molecule has 1 saturated heterocycles. The molecule has 0 saturated carbocycles. The van der Waals surface area contributed by atoms with Gasteiger partial charge in [0.25, 0.3) is 0 Å². The minimum Gasteiger partial charge on any atom is -0.385 e. The van der Waals surface area contributed by atoms with Crippen molar-refractivity contribution in [1.29, 1.82) is 0 Å². The van der Waals surface area contributed by atoms with Gasteiger partial charge in [-0.25, -0.2) is 4.98 Å². The Morgan fingerprint density at radius 1 is 1.12 bits per heavy atom. The molecule has 0 aliphatic carbocycles. The summed E-state index contributed by atoms with van der Waals surface area (Å²) in [5.74, 6) is 1.14. The second-order valence-electron chi connectivity index (χ2n) is 8.91. The summed E-state index contributed by atoms with van der Waals surface area (Å²) in [6.45, 7) is 9.53. The van der Waals surface area contributed by atoms with Crippen LogP contribution in [-0.4, -0.2) is 29.2 Å². The fraction of sp³-hybridized carbons (Fsp3) is 0.345. The molecule has 1 aliphatic heterocycles. The number of hydrogen-bond acceptors (Lipinski definition) is 3. The van der Waals surface area contributed by atoms with E-state index in [-0.39, 0.29) is 0 Å². The molecule has 1 N–H and O–H groups in total. The van der Waals surface area contributed by atoms with Crippen molar-refractivity contribution in [2.75, 3.05) is 29.9 Å². The Bertz CT molecular complexity index is 1200. The maximum Gasteiger partial charge on any atom is 0.128 e. The van der Waals surface area contributed by atoms with E-state index in [4.69, 9.17) is 0 Å². The number of anilines is 2. The van der Waals surface area contributed by atoms with Crippen molar-refractivity contribution in [3.8, 4) is 0 Å². The molecule has 3 aromatic rings. The maximum absolute atomic E-state index is 4.61. The molecule has 4 rings (SSSR count). The average molecular weight is 441 g/mol. The summed E-state index contributed by atoms with van der Waals surface area (Å²) in [4.78, 5) is 7.03. The van der Waals surface area contributed by atoms with E-state index < -0.39 is 0 Å². The number of nitrogens with zero attached hydrogens (tertiary/aromatic N) is 3. The first-order valence-electron chi connectivity index (χ1n) is 12.2. The van der Waals surface area contributed by atoms with Crippen molar-refractivity contribution in [2.45, 2.75) is 39.0 Å². The molecule has 2 aromatic heterocycles. The Balaban J connectivity index is 1.37. The molecule has 1 aromatic carbocycles. The van der Waals surface area contributed by atoms with E-state index in [9.17, 15) is 0 Å². The third-order valence-corrected chi connectivity index (χ3v) is 6.47. The van der Waals surface area contributed by atoms with Gasteiger partial charge in [-0.3, -0.25) is 0 Å². The normalized spacial score (nSPS) is 15.2. The lowest BCUT2D eigenvalue weighted by atomic mass is 10.1. The molecular formula is C29H36N4. The molecule has 1 fully saturated rings. The zero-order valence-electron chi connectivity index (χ0n) is 20.1. The van der Waals surface area contributed by atoms with Gasteiger partial charge < -0.3 is 14.8 Å². The monoisotopic (exact) mass is 440 g/mol. The van der Waals surface area contributed by atoms with Gasteiger partial charge in [0.2, 0.25) is 0 Å². The van der Waals surface area contributed by atoms with Crippen LogP contribution < -0.4 is 20.7 Å². The number of allylic oxidation sites excluding steroid dienone is 2. The van der Waals surface area contributed by atoms with Crippen molar-refractivity contribution in [2.24, 2.45) is 7.05 Å². The molecule has 172 valence electrons. The van der Waals surface area contributed by atoms with E-state index in [0.29, 0.717) is 0 Å². The SMILES string of the molecule is C=c1ccc(NCCCc2ccnc(N3CCCCC3)c2)c/c1=C/C(=CC)c1cccn1C. The van der Waals surface area contributed by atoms with Crippen LogP contribution >= 0.6 is 0 Å². The van der Waals surface area contributed by atoms with Crippen LogP contribution in [0, 0.1) is 0 Å². The van der Waals surface area contributed by atoms with Crippen molar-refractivity contribution in [3.05, 3.63) is 82.6 Å². The molecule has 0 spiro atoms. The predicted octanol–water partition coefficient (Wildman–Crippen LogP) is 4.75. The summed E-state index contributed by atoms with van der Waals surface area (Å²) >= 11 is 0. The summed E-state index contributed by atoms with van der Waals surface area (Å²) in [7, 11) is 2.08. The molecule has 4 heteroatoms. The number of benzene rings is 1. The number of aryl methyl sites for hydroxylation is 2. The predicted molar refractivity (Wildman–Crippen MR) is 142 cm³/mol. The lowest BCUT2D eigenvalue weighted by Gasteiger charge is -2.27. The molecule has 1 aliphatic rings. The van der Waals surface area contributed by atoms with Crippen LogP contribution in [0.3, 0.4) is 0 Å². The van der Waals surface area contributed by atoms with E-state index in [0.717, 1.165) is 54.4 Å². The van der Waals surface area contributed by atoms with Crippen LogP contribution in [0.2, 0.25) is 0 Å². The second kappa shape index (κ2) is 11.0. The summed E-state index contributed by atoms with van der Waals surface area (Å²) in [6.07, 6.45) is 14.5. The van der Waals surface area contributed by atoms with Gasteiger partial charge in [-0.2, -0.15) is 0 Å². The van der Waals surface area contributed by atoms with Gasteiger partial charge >= 0.3 is 0 Å². The number of hydrogen-bond donors (Lipinski definition) is 1. The topological polar surface area (TPSA) is 33.1 Å². The lowest BCUT2D eigenvalue weighted by molar-refractivity contribution is 0.573. The molecule has 0 amide bonds. The number of pyridine rings is 1. The van der Waals surface area contributed by atoms with Crippen LogP contribution in [-0.2, 0) is 13.5 Å². The van der Waals surface area contributed by atoms with E-state index in [2.05, 4.69) is 101 Å². The molecule has 0 atom stereocenters. The zero-order valence-corrected chi connectivity index (χ0v) is 20.1. The smallest absolute Gasteiger partial charge is 0.128 e. The number of piperidine rings is 1. The highest BCUT2D eigenvalue weighted by molar-refractivity contribution is 5.87. The standard InChI is InChI=1S/C29H36N4/c1-4-25(28-11-9-17-32(28)3)21-26-22-27(13-12-23(26)2)30-15-8-10-24-14-16-31-29(20-24)33-18-6-5-7-19-33/h4,9,11-14,16-17,20-22,30H,2,5-8,10,15,18-19H2,1,3H3/b25-4?,26-21-. The van der Waals surface area contributed by atoms with Gasteiger partial charge in [0.1, 0.15) is 5.82 Å². The van der Waals surface area contributed by atoms with E-state index >= 15 is 0 Å². The van der Waals surface area contributed by atoms with Crippen molar-refractivity contribution in [1.82, 2.24) is 9.55 Å². The average Bonchev–Trinajstić information content (AvgIpc) is 3.28. The quantitative estimate of drug-likeness (QED) is 0.513. The first-order valence-corrected chi connectivity index (χ1v) is 12.2. The van der Waals surface area contributed by atoms with E-state index in [1.54, 1.807) is 0 Å². The van der Waals surface area contributed by atoms with E-state index in [1.165, 1.54) is 36.1 Å². The first kappa shape index (κ1) is 22.9. The lowest BCUT2D eigenvalue weighted by Crippen LogP contribution is -2.30. The minimum absolute atomic E-state index is 0.936. The highest BCUT2D eigenvalue weighted by atomic mass is 15.2. The van der Waals surface area contributed by atoms with Gasteiger partial charge in [0, 0.05) is 50.5 Å². The Morgan fingerprint density at radius 2 is 1.97 bits per heavy atom. The number of aromatic nitrogens is 2. The fourth-order valence-corrected chi connectivity index (χ4v) is 4.51. The summed E-state index contributed by atoms with van der Waals surface area (Å²) < 4.78 is 2.15. The molecular weight excluding hydrogens is 404 g/mol. The second-order valence-corrected chi connectivity index (χ2v) is 8.91. The van der Waals surface area contributed by atoms with Crippen molar-refractivity contribution >= 4 is 29.7 Å². The maximum atomic E-state index is 4.61. The van der Waals surface area contributed by atoms with Gasteiger partial charge in [-0.05, 0) is 103 Å². The Morgan fingerprint density at radius 3 is 2.73 bits per heavy atom. The van der Waals surface area contributed by atoms with Crippen molar-refractivity contribution in [3.63, 3.8) is 0 Å². The summed E-state index contributed by atoms with van der Waals surface area (Å²) in [5, 5.41) is 5.79. The fourth-order valence-electron chi connectivity index (χ4n) is 4.51. The molecule has 0 unspecified atom stereocenters. The molecule has 33 heavy (non-hydrogen) atoms. The highest BCUT2D eigenvalue weighted by Crippen LogP contribution is 2.19. The Kier molecular flexibility index (Phi) is 7.66. The Labute approximate surface area is 198 Å². The van der Waals surface area contributed by atoms with Crippen molar-refractivity contribution < 1.29 is 0 Å². The first-order chi connectivity index (χ1) is 16.1. The third kappa shape index (κ3) is 5.95. The Hall–Kier alpha value is -3.27. The molecule has 0 bridgehead atoms. The molecule has 3 heterocycles. The molecule has 0 radical (unpaired) electrons.